The van der Waals surface area contributed by atoms with E-state index in [1.165, 1.54) is 0 Å². The monoisotopic (exact) mass is 590 g/mol. The van der Waals surface area contributed by atoms with E-state index in [0.717, 1.165) is 35.3 Å². The summed E-state index contributed by atoms with van der Waals surface area (Å²) in [5.41, 5.74) is 3.81. The van der Waals surface area contributed by atoms with E-state index >= 15 is 0 Å². The highest BCUT2D eigenvalue weighted by Gasteiger charge is 2.26. The Balaban J connectivity index is 1.09. The second-order valence-corrected chi connectivity index (χ2v) is 11.4. The van der Waals surface area contributed by atoms with Crippen LogP contribution in [0.15, 0.2) is 89.5 Å². The van der Waals surface area contributed by atoms with Gasteiger partial charge in [-0.3, -0.25) is 9.59 Å². The van der Waals surface area contributed by atoms with Gasteiger partial charge in [0, 0.05) is 32.4 Å². The first-order valence-electron chi connectivity index (χ1n) is 15.2. The highest BCUT2D eigenvalue weighted by molar-refractivity contribution is 5.77. The number of rotatable bonds is 12. The third-order valence-electron chi connectivity index (χ3n) is 8.04. The molecule has 0 spiro atoms. The minimum atomic E-state index is -0.392. The maximum Gasteiger partial charge on any atom is 0.222 e. The SMILES string of the molecule is Cc1cnc([C@H](Cc2ccc(OCc3ccccc3)cc2)NC(=O)CC2CCN(C(=O)CCc3ccc(C#N)cc3)CC2)o1. The van der Waals surface area contributed by atoms with Crippen molar-refractivity contribution in [3.63, 3.8) is 0 Å². The van der Waals surface area contributed by atoms with E-state index in [1.54, 1.807) is 18.3 Å². The molecule has 0 radical (unpaired) electrons. The molecule has 0 unspecified atom stereocenters. The summed E-state index contributed by atoms with van der Waals surface area (Å²) in [7, 11) is 0. The first-order valence-corrected chi connectivity index (χ1v) is 15.2. The van der Waals surface area contributed by atoms with Crippen LogP contribution in [0.4, 0.5) is 0 Å². The van der Waals surface area contributed by atoms with Crippen molar-refractivity contribution in [1.29, 1.82) is 5.26 Å². The quantitative estimate of drug-likeness (QED) is 0.214. The molecule has 1 saturated heterocycles. The summed E-state index contributed by atoms with van der Waals surface area (Å²) in [6.45, 7) is 3.66. The van der Waals surface area contributed by atoms with Crippen molar-refractivity contribution in [3.05, 3.63) is 119 Å². The van der Waals surface area contributed by atoms with E-state index < -0.39 is 6.04 Å². The highest BCUT2D eigenvalue weighted by Crippen LogP contribution is 2.24. The molecular weight excluding hydrogens is 552 g/mol. The number of hydrogen-bond acceptors (Lipinski definition) is 6. The van der Waals surface area contributed by atoms with E-state index in [-0.39, 0.29) is 17.7 Å². The van der Waals surface area contributed by atoms with Crippen molar-refractivity contribution in [2.45, 2.75) is 58.1 Å². The zero-order valence-electron chi connectivity index (χ0n) is 25.1. The van der Waals surface area contributed by atoms with Gasteiger partial charge >= 0.3 is 0 Å². The molecule has 8 nitrogen and oxygen atoms in total. The van der Waals surface area contributed by atoms with Crippen LogP contribution in [0.5, 0.6) is 5.75 Å². The number of nitriles is 1. The summed E-state index contributed by atoms with van der Waals surface area (Å²) in [5, 5.41) is 12.1. The molecule has 4 aromatic rings. The van der Waals surface area contributed by atoms with Crippen LogP contribution in [-0.2, 0) is 29.0 Å². The molecular formula is C36H38N4O4. The van der Waals surface area contributed by atoms with Gasteiger partial charge in [-0.05, 0) is 73.1 Å². The molecule has 1 aromatic heterocycles. The molecule has 0 saturated carbocycles. The first-order chi connectivity index (χ1) is 21.4. The summed E-state index contributed by atoms with van der Waals surface area (Å²) < 4.78 is 11.7. The van der Waals surface area contributed by atoms with Gasteiger partial charge in [0.25, 0.3) is 0 Å². The van der Waals surface area contributed by atoms with Crippen molar-refractivity contribution in [2.24, 2.45) is 5.92 Å². The Morgan fingerprint density at radius 2 is 1.70 bits per heavy atom. The van der Waals surface area contributed by atoms with E-state index in [0.29, 0.717) is 62.6 Å². The topological polar surface area (TPSA) is 108 Å². The molecule has 5 rings (SSSR count). The lowest BCUT2D eigenvalue weighted by molar-refractivity contribution is -0.132. The number of piperidine rings is 1. The van der Waals surface area contributed by atoms with Crippen LogP contribution in [0.25, 0.3) is 0 Å². The largest absolute Gasteiger partial charge is 0.489 e. The minimum Gasteiger partial charge on any atom is -0.489 e. The Labute approximate surface area is 258 Å². The number of oxazole rings is 1. The Morgan fingerprint density at radius 1 is 1.00 bits per heavy atom. The Kier molecular flexibility index (Phi) is 10.4. The zero-order valence-corrected chi connectivity index (χ0v) is 25.1. The maximum atomic E-state index is 13.2. The molecule has 1 fully saturated rings. The van der Waals surface area contributed by atoms with Crippen LogP contribution in [0.2, 0.25) is 0 Å². The third-order valence-corrected chi connectivity index (χ3v) is 8.04. The Bertz CT molecular complexity index is 1550. The fourth-order valence-corrected chi connectivity index (χ4v) is 5.49. The molecule has 1 N–H and O–H groups in total. The van der Waals surface area contributed by atoms with Gasteiger partial charge in [-0.2, -0.15) is 5.26 Å². The number of ether oxygens (including phenoxy) is 1. The van der Waals surface area contributed by atoms with Crippen molar-refractivity contribution < 1.29 is 18.7 Å². The lowest BCUT2D eigenvalue weighted by Gasteiger charge is -2.32. The zero-order chi connectivity index (χ0) is 30.7. The number of aryl methyl sites for hydroxylation is 2. The van der Waals surface area contributed by atoms with Crippen LogP contribution in [-0.4, -0.2) is 34.8 Å². The number of benzene rings is 3. The van der Waals surface area contributed by atoms with Crippen molar-refractivity contribution in [3.8, 4) is 11.8 Å². The van der Waals surface area contributed by atoms with E-state index in [4.69, 9.17) is 14.4 Å². The van der Waals surface area contributed by atoms with Crippen LogP contribution in [0.1, 0.15) is 65.6 Å². The number of amides is 2. The average Bonchev–Trinajstić information content (AvgIpc) is 3.50. The number of nitrogens with one attached hydrogen (secondary N) is 1. The number of carbonyl (C=O) groups excluding carboxylic acids is 2. The van der Waals surface area contributed by atoms with Crippen LogP contribution in [0.3, 0.4) is 0 Å². The fourth-order valence-electron chi connectivity index (χ4n) is 5.49. The van der Waals surface area contributed by atoms with E-state index in [2.05, 4.69) is 16.4 Å². The number of hydrogen-bond donors (Lipinski definition) is 1. The summed E-state index contributed by atoms with van der Waals surface area (Å²) in [4.78, 5) is 32.3. The number of nitrogens with zero attached hydrogens (tertiary/aromatic N) is 3. The van der Waals surface area contributed by atoms with Gasteiger partial charge in [-0.1, -0.05) is 54.6 Å². The van der Waals surface area contributed by atoms with Gasteiger partial charge in [-0.15, -0.1) is 0 Å². The lowest BCUT2D eigenvalue weighted by Crippen LogP contribution is -2.40. The number of carbonyl (C=O) groups is 2. The van der Waals surface area contributed by atoms with Crippen molar-refractivity contribution in [1.82, 2.24) is 15.2 Å². The van der Waals surface area contributed by atoms with Crippen molar-refractivity contribution >= 4 is 11.8 Å². The Hall–Kier alpha value is -4.90. The van der Waals surface area contributed by atoms with Crippen LogP contribution in [0, 0.1) is 24.2 Å². The molecule has 2 heterocycles. The standard InChI is InChI=1S/C36H38N4O4/c1-26-24-38-36(44-26)33(21-28-11-14-32(15-12-28)43-25-31-5-3-2-4-6-31)39-34(41)22-29-17-19-40(20-18-29)35(42)16-13-27-7-9-30(23-37)10-8-27/h2-12,14-15,24,29,33H,13,16-22,25H2,1H3,(H,39,41)/t33-/m0/s1. The first kappa shape index (κ1) is 30.6. The van der Waals surface area contributed by atoms with Gasteiger partial charge in [0.05, 0.1) is 17.8 Å². The molecule has 8 heteroatoms. The number of likely N-dealkylation sites (tertiary alicyclic amines) is 1. The summed E-state index contributed by atoms with van der Waals surface area (Å²) in [5.74, 6) is 2.27. The highest BCUT2D eigenvalue weighted by atomic mass is 16.5. The van der Waals surface area contributed by atoms with Gasteiger partial charge in [-0.25, -0.2) is 4.98 Å². The van der Waals surface area contributed by atoms with Crippen LogP contribution < -0.4 is 10.1 Å². The predicted molar refractivity (Wildman–Crippen MR) is 166 cm³/mol. The smallest absolute Gasteiger partial charge is 0.222 e. The molecule has 3 aromatic carbocycles. The average molecular weight is 591 g/mol. The van der Waals surface area contributed by atoms with Gasteiger partial charge in [0.1, 0.15) is 24.2 Å². The molecule has 0 bridgehead atoms. The molecule has 0 aliphatic carbocycles. The third kappa shape index (κ3) is 8.81. The minimum absolute atomic E-state index is 0.0424. The summed E-state index contributed by atoms with van der Waals surface area (Å²) in [6, 6.07) is 27.0. The second-order valence-electron chi connectivity index (χ2n) is 11.4. The molecule has 1 aliphatic rings. The van der Waals surface area contributed by atoms with Gasteiger partial charge in [0.2, 0.25) is 17.7 Å². The lowest BCUT2D eigenvalue weighted by atomic mass is 9.92. The molecule has 2 amide bonds. The fraction of sp³-hybridized carbons (Fsp3) is 0.333. The van der Waals surface area contributed by atoms with Gasteiger partial charge in [0.15, 0.2) is 0 Å². The van der Waals surface area contributed by atoms with E-state index in [1.807, 2.05) is 78.6 Å². The maximum absolute atomic E-state index is 13.2. The molecule has 1 aliphatic heterocycles. The molecule has 1 atom stereocenters. The van der Waals surface area contributed by atoms with Crippen LogP contribution >= 0.6 is 0 Å². The summed E-state index contributed by atoms with van der Waals surface area (Å²) >= 11 is 0. The normalized spacial score (nSPS) is 14.0. The van der Waals surface area contributed by atoms with Gasteiger partial charge < -0.3 is 19.4 Å². The Morgan fingerprint density at radius 3 is 2.36 bits per heavy atom. The second kappa shape index (κ2) is 15.0. The summed E-state index contributed by atoms with van der Waals surface area (Å²) in [6.07, 6.45) is 5.29. The molecule has 226 valence electrons. The number of aromatic nitrogens is 1. The predicted octanol–water partition coefficient (Wildman–Crippen LogP) is 6.10. The molecule has 44 heavy (non-hydrogen) atoms. The van der Waals surface area contributed by atoms with E-state index in [9.17, 15) is 9.59 Å². The van der Waals surface area contributed by atoms with Crippen molar-refractivity contribution in [2.75, 3.05) is 13.1 Å².